The topological polar surface area (TPSA) is 111 Å². The van der Waals surface area contributed by atoms with E-state index >= 15 is 0 Å². The number of nitrogens with zero attached hydrogens (tertiary/aromatic N) is 2. The van der Waals surface area contributed by atoms with E-state index in [1.165, 1.54) is 26.4 Å². The zero-order valence-electron chi connectivity index (χ0n) is 15.0. The lowest BCUT2D eigenvalue weighted by Gasteiger charge is -2.16. The van der Waals surface area contributed by atoms with E-state index in [0.29, 0.717) is 28.5 Å². The molecule has 1 N–H and O–H groups in total. The van der Waals surface area contributed by atoms with Crippen LogP contribution in [0.3, 0.4) is 0 Å². The molecule has 0 saturated heterocycles. The number of methoxy groups -OCH3 is 2. The number of hydroxylamine groups is 2. The smallest absolute Gasteiger partial charge is 0.434 e. The fourth-order valence-corrected chi connectivity index (χ4v) is 2.30. The van der Waals surface area contributed by atoms with Crippen molar-refractivity contribution < 1.29 is 29.1 Å². The van der Waals surface area contributed by atoms with E-state index in [4.69, 9.17) is 14.2 Å². The van der Waals surface area contributed by atoms with E-state index in [-0.39, 0.29) is 18.8 Å². The molecule has 0 atom stereocenters. The highest BCUT2D eigenvalue weighted by Crippen LogP contribution is 2.25. The third-order valence-electron chi connectivity index (χ3n) is 3.82. The standard InChI is InChI=1S/C18H20N2O7/c1-25-16-8-5-14(17(11-16)26-2)12-27-18(21)19(22)10-9-13-3-6-15(7-4-13)20(23)24/h3-8,11,22H,9-10,12H2,1-2H3. The zero-order valence-corrected chi connectivity index (χ0v) is 15.0. The number of hydrogen-bond acceptors (Lipinski definition) is 7. The summed E-state index contributed by atoms with van der Waals surface area (Å²) in [5.41, 5.74) is 1.34. The summed E-state index contributed by atoms with van der Waals surface area (Å²) in [5.74, 6) is 1.10. The lowest BCUT2D eigenvalue weighted by molar-refractivity contribution is -0.384. The molecule has 0 aliphatic heterocycles. The molecule has 0 aromatic heterocycles. The second-order valence-electron chi connectivity index (χ2n) is 5.53. The quantitative estimate of drug-likeness (QED) is 0.428. The molecular weight excluding hydrogens is 356 g/mol. The maximum absolute atomic E-state index is 11.9. The highest BCUT2D eigenvalue weighted by atomic mass is 16.6. The lowest BCUT2D eigenvalue weighted by atomic mass is 10.1. The monoisotopic (exact) mass is 376 g/mol. The molecule has 9 nitrogen and oxygen atoms in total. The molecule has 2 aromatic rings. The van der Waals surface area contributed by atoms with Gasteiger partial charge in [-0.3, -0.25) is 15.3 Å². The van der Waals surface area contributed by atoms with Crippen molar-refractivity contribution in [1.29, 1.82) is 0 Å². The van der Waals surface area contributed by atoms with Gasteiger partial charge in [0, 0.05) is 23.8 Å². The number of amides is 1. The molecule has 0 unspecified atom stereocenters. The Morgan fingerprint density at radius 1 is 1.15 bits per heavy atom. The predicted octanol–water partition coefficient (Wildman–Crippen LogP) is 3.18. The molecule has 1 amide bonds. The molecule has 0 bridgehead atoms. The molecule has 144 valence electrons. The first-order valence-electron chi connectivity index (χ1n) is 8.02. The van der Waals surface area contributed by atoms with E-state index in [1.807, 2.05) is 0 Å². The Hall–Kier alpha value is -3.33. The highest BCUT2D eigenvalue weighted by Gasteiger charge is 2.14. The third kappa shape index (κ3) is 5.58. The molecule has 9 heteroatoms. The second kappa shape index (κ2) is 9.39. The first kappa shape index (κ1) is 20.0. The largest absolute Gasteiger partial charge is 0.497 e. The van der Waals surface area contributed by atoms with Crippen molar-refractivity contribution in [3.8, 4) is 11.5 Å². The number of non-ortho nitro benzene ring substituents is 1. The Bertz CT molecular complexity index is 793. The fourth-order valence-electron chi connectivity index (χ4n) is 2.30. The van der Waals surface area contributed by atoms with Crippen LogP contribution in [0, 0.1) is 10.1 Å². The Kier molecular flexibility index (Phi) is 6.95. The van der Waals surface area contributed by atoms with Crippen molar-refractivity contribution in [3.63, 3.8) is 0 Å². The number of carbonyl (C=O) groups is 1. The second-order valence-corrected chi connectivity index (χ2v) is 5.53. The van der Waals surface area contributed by atoms with Crippen molar-refractivity contribution in [2.45, 2.75) is 13.0 Å². The minimum Gasteiger partial charge on any atom is -0.497 e. The van der Waals surface area contributed by atoms with Gasteiger partial charge >= 0.3 is 6.09 Å². The van der Waals surface area contributed by atoms with Gasteiger partial charge in [0.05, 0.1) is 25.7 Å². The van der Waals surface area contributed by atoms with Crippen LogP contribution in [0.1, 0.15) is 11.1 Å². The summed E-state index contributed by atoms with van der Waals surface area (Å²) in [5, 5.41) is 20.9. The molecule has 0 radical (unpaired) electrons. The van der Waals surface area contributed by atoms with Gasteiger partial charge in [-0.15, -0.1) is 0 Å². The van der Waals surface area contributed by atoms with Crippen molar-refractivity contribution in [2.24, 2.45) is 0 Å². The van der Waals surface area contributed by atoms with Crippen LogP contribution in [-0.2, 0) is 17.8 Å². The van der Waals surface area contributed by atoms with Crippen LogP contribution in [0.5, 0.6) is 11.5 Å². The van der Waals surface area contributed by atoms with Gasteiger partial charge in [-0.25, -0.2) is 4.79 Å². The molecule has 0 heterocycles. The van der Waals surface area contributed by atoms with Gasteiger partial charge in [0.25, 0.3) is 5.69 Å². The van der Waals surface area contributed by atoms with Crippen LogP contribution in [0.25, 0.3) is 0 Å². The Labute approximate surface area is 155 Å². The SMILES string of the molecule is COc1ccc(COC(=O)N(O)CCc2ccc([N+](=O)[O-])cc2)c(OC)c1. The maximum atomic E-state index is 11.9. The Morgan fingerprint density at radius 2 is 1.85 bits per heavy atom. The Balaban J connectivity index is 1.86. The number of rotatable bonds is 8. The summed E-state index contributed by atoms with van der Waals surface area (Å²) in [4.78, 5) is 22.0. The van der Waals surface area contributed by atoms with Gasteiger partial charge < -0.3 is 14.2 Å². The van der Waals surface area contributed by atoms with Crippen LogP contribution in [-0.4, -0.2) is 42.1 Å². The molecule has 27 heavy (non-hydrogen) atoms. The number of hydrogen-bond donors (Lipinski definition) is 1. The van der Waals surface area contributed by atoms with Gasteiger partial charge in [0.2, 0.25) is 0 Å². The van der Waals surface area contributed by atoms with E-state index in [9.17, 15) is 20.1 Å². The summed E-state index contributed by atoms with van der Waals surface area (Å²) in [6.45, 7) is -0.100. The van der Waals surface area contributed by atoms with Crippen LogP contribution in [0.2, 0.25) is 0 Å². The van der Waals surface area contributed by atoms with E-state index in [1.54, 1.807) is 30.3 Å². The third-order valence-corrected chi connectivity index (χ3v) is 3.82. The van der Waals surface area contributed by atoms with Gasteiger partial charge in [0.15, 0.2) is 0 Å². The molecule has 2 aromatic carbocycles. The average molecular weight is 376 g/mol. The molecule has 2 rings (SSSR count). The number of nitro benzene ring substituents is 1. The summed E-state index contributed by atoms with van der Waals surface area (Å²) < 4.78 is 15.4. The molecule has 0 spiro atoms. The Morgan fingerprint density at radius 3 is 2.44 bits per heavy atom. The lowest BCUT2D eigenvalue weighted by Crippen LogP contribution is -2.30. The van der Waals surface area contributed by atoms with Gasteiger partial charge in [0.1, 0.15) is 18.1 Å². The van der Waals surface area contributed by atoms with Crippen molar-refractivity contribution in [1.82, 2.24) is 5.06 Å². The average Bonchev–Trinajstić information content (AvgIpc) is 2.70. The molecule has 0 aliphatic rings. The molecule has 0 saturated carbocycles. The van der Waals surface area contributed by atoms with Gasteiger partial charge in [-0.1, -0.05) is 12.1 Å². The van der Waals surface area contributed by atoms with Gasteiger partial charge in [-0.05, 0) is 24.1 Å². The predicted molar refractivity (Wildman–Crippen MR) is 95.0 cm³/mol. The summed E-state index contributed by atoms with van der Waals surface area (Å²) in [6, 6.07) is 10.9. The first-order valence-corrected chi connectivity index (χ1v) is 8.02. The molecular formula is C18H20N2O7. The van der Waals surface area contributed by atoms with E-state index in [0.717, 1.165) is 5.56 Å². The minimum absolute atomic E-state index is 0.0175. The number of ether oxygens (including phenoxy) is 3. The fraction of sp³-hybridized carbons (Fsp3) is 0.278. The molecule has 0 aliphatic carbocycles. The first-order chi connectivity index (χ1) is 12.9. The van der Waals surface area contributed by atoms with E-state index in [2.05, 4.69) is 0 Å². The van der Waals surface area contributed by atoms with Crippen molar-refractivity contribution >= 4 is 11.8 Å². The van der Waals surface area contributed by atoms with Gasteiger partial charge in [-0.2, -0.15) is 5.06 Å². The van der Waals surface area contributed by atoms with Crippen LogP contribution < -0.4 is 9.47 Å². The molecule has 0 fully saturated rings. The highest BCUT2D eigenvalue weighted by molar-refractivity contribution is 5.66. The summed E-state index contributed by atoms with van der Waals surface area (Å²) in [6.07, 6.45) is -0.593. The number of benzene rings is 2. The van der Waals surface area contributed by atoms with E-state index < -0.39 is 11.0 Å². The minimum atomic E-state index is -0.908. The normalized spacial score (nSPS) is 10.2. The van der Waals surface area contributed by atoms with Crippen molar-refractivity contribution in [2.75, 3.05) is 20.8 Å². The number of carbonyl (C=O) groups excluding carboxylic acids is 1. The summed E-state index contributed by atoms with van der Waals surface area (Å²) in [7, 11) is 3.02. The van der Waals surface area contributed by atoms with Crippen LogP contribution >= 0.6 is 0 Å². The maximum Gasteiger partial charge on any atom is 0.434 e. The van der Waals surface area contributed by atoms with Crippen LogP contribution in [0.15, 0.2) is 42.5 Å². The summed E-state index contributed by atoms with van der Waals surface area (Å²) >= 11 is 0. The van der Waals surface area contributed by atoms with Crippen LogP contribution in [0.4, 0.5) is 10.5 Å². The van der Waals surface area contributed by atoms with Crippen molar-refractivity contribution in [3.05, 3.63) is 63.7 Å². The zero-order chi connectivity index (χ0) is 19.8. The number of nitro groups is 1.